The number of hydrogen-bond acceptors (Lipinski definition) is 3. The van der Waals surface area contributed by atoms with Crippen LogP contribution in [0, 0.1) is 12.3 Å². The topological polar surface area (TPSA) is 41.1 Å². The molecule has 0 bridgehead atoms. The van der Waals surface area contributed by atoms with Crippen LogP contribution in [0.5, 0.6) is 0 Å². The van der Waals surface area contributed by atoms with Crippen LogP contribution >= 0.6 is 11.8 Å². The normalized spacial score (nSPS) is 21.3. The van der Waals surface area contributed by atoms with Gasteiger partial charge in [-0.2, -0.15) is 11.8 Å². The second-order valence-electron chi connectivity index (χ2n) is 6.44. The Bertz CT molecular complexity index is 499. The highest BCUT2D eigenvalue weighted by molar-refractivity contribution is 7.99. The molecule has 0 radical (unpaired) electrons. The van der Waals surface area contributed by atoms with Crippen LogP contribution in [0.25, 0.3) is 0 Å². The Morgan fingerprint density at radius 3 is 2.80 bits per heavy atom. The van der Waals surface area contributed by atoms with E-state index in [-0.39, 0.29) is 5.91 Å². The number of carbonyl (C=O) groups excluding carboxylic acids is 1. The van der Waals surface area contributed by atoms with E-state index in [0.29, 0.717) is 11.5 Å². The summed E-state index contributed by atoms with van der Waals surface area (Å²) in [6, 6.07) is 6.67. The predicted molar refractivity (Wildman–Crippen MR) is 88.6 cm³/mol. The molecule has 0 aliphatic carbocycles. The van der Waals surface area contributed by atoms with Crippen LogP contribution in [0.4, 0.5) is 11.4 Å². The van der Waals surface area contributed by atoms with E-state index in [9.17, 15) is 4.79 Å². The zero-order chi connectivity index (χ0) is 14.8. The number of benzene rings is 1. The fraction of sp³-hybridized carbons (Fsp3) is 0.562. The molecule has 1 aromatic carbocycles. The van der Waals surface area contributed by atoms with E-state index in [0.717, 1.165) is 22.7 Å². The van der Waals surface area contributed by atoms with Crippen molar-refractivity contribution in [2.24, 2.45) is 5.41 Å². The Labute approximate surface area is 125 Å². The third-order valence-corrected chi connectivity index (χ3v) is 5.15. The van der Waals surface area contributed by atoms with E-state index in [4.69, 9.17) is 0 Å². The molecule has 3 nitrogen and oxygen atoms in total. The van der Waals surface area contributed by atoms with Gasteiger partial charge in [0.2, 0.25) is 5.91 Å². The number of anilines is 2. The smallest absolute Gasteiger partial charge is 0.221 e. The Balaban J connectivity index is 2.07. The third kappa shape index (κ3) is 4.17. The summed E-state index contributed by atoms with van der Waals surface area (Å²) < 4.78 is 0. The molecule has 1 atom stereocenters. The zero-order valence-corrected chi connectivity index (χ0v) is 13.6. The van der Waals surface area contributed by atoms with Gasteiger partial charge in [-0.1, -0.05) is 19.9 Å². The lowest BCUT2D eigenvalue weighted by atomic mass is 9.88. The van der Waals surface area contributed by atoms with Crippen molar-refractivity contribution in [3.05, 3.63) is 23.8 Å². The number of carbonyl (C=O) groups is 1. The summed E-state index contributed by atoms with van der Waals surface area (Å²) in [5.74, 6) is 2.35. The monoisotopic (exact) mass is 292 g/mol. The van der Waals surface area contributed by atoms with Crippen molar-refractivity contribution in [3.8, 4) is 0 Å². The molecule has 1 aliphatic rings. The van der Waals surface area contributed by atoms with Gasteiger partial charge in [-0.05, 0) is 42.2 Å². The standard InChI is InChI=1S/C16H24N2OS/c1-11-5-6-13(7-15(11)17-12(2)19)18-14-8-16(3,4)10-20-9-14/h5-7,14,18H,8-10H2,1-4H3,(H,17,19). The van der Waals surface area contributed by atoms with E-state index in [1.807, 2.05) is 24.8 Å². The van der Waals surface area contributed by atoms with Gasteiger partial charge in [-0.25, -0.2) is 0 Å². The summed E-state index contributed by atoms with van der Waals surface area (Å²) in [5.41, 5.74) is 3.46. The Kier molecular flexibility index (Phi) is 4.63. The molecule has 0 saturated carbocycles. The van der Waals surface area contributed by atoms with Crippen molar-refractivity contribution < 1.29 is 4.79 Å². The summed E-state index contributed by atoms with van der Waals surface area (Å²) in [6.45, 7) is 8.20. The van der Waals surface area contributed by atoms with Gasteiger partial charge in [0.15, 0.2) is 0 Å². The van der Waals surface area contributed by atoms with Crippen molar-refractivity contribution in [1.29, 1.82) is 0 Å². The van der Waals surface area contributed by atoms with Crippen LogP contribution in [-0.4, -0.2) is 23.5 Å². The Morgan fingerprint density at radius 1 is 1.40 bits per heavy atom. The van der Waals surface area contributed by atoms with Crippen LogP contribution in [-0.2, 0) is 4.79 Å². The van der Waals surface area contributed by atoms with Crippen molar-refractivity contribution in [2.75, 3.05) is 22.1 Å². The zero-order valence-electron chi connectivity index (χ0n) is 12.7. The average Bonchev–Trinajstić information content (AvgIpc) is 2.31. The van der Waals surface area contributed by atoms with Crippen LogP contribution in [0.15, 0.2) is 18.2 Å². The summed E-state index contributed by atoms with van der Waals surface area (Å²) in [5, 5.41) is 6.49. The lowest BCUT2D eigenvalue weighted by Gasteiger charge is -2.35. The highest BCUT2D eigenvalue weighted by Crippen LogP contribution is 2.35. The van der Waals surface area contributed by atoms with Gasteiger partial charge in [-0.3, -0.25) is 4.79 Å². The Morgan fingerprint density at radius 2 is 2.15 bits per heavy atom. The summed E-state index contributed by atoms with van der Waals surface area (Å²) >= 11 is 2.01. The third-order valence-electron chi connectivity index (χ3n) is 3.53. The molecule has 1 saturated heterocycles. The molecule has 1 unspecified atom stereocenters. The van der Waals surface area contributed by atoms with E-state index in [1.54, 1.807) is 6.92 Å². The van der Waals surface area contributed by atoms with Crippen molar-refractivity contribution in [2.45, 2.75) is 40.2 Å². The molecule has 20 heavy (non-hydrogen) atoms. The largest absolute Gasteiger partial charge is 0.381 e. The van der Waals surface area contributed by atoms with Crippen LogP contribution in [0.2, 0.25) is 0 Å². The fourth-order valence-electron chi connectivity index (χ4n) is 2.63. The van der Waals surface area contributed by atoms with Crippen molar-refractivity contribution in [3.63, 3.8) is 0 Å². The fourth-order valence-corrected chi connectivity index (χ4v) is 3.90. The quantitative estimate of drug-likeness (QED) is 0.888. The van der Waals surface area contributed by atoms with Gasteiger partial charge in [0.05, 0.1) is 0 Å². The van der Waals surface area contributed by atoms with Crippen LogP contribution < -0.4 is 10.6 Å². The van der Waals surface area contributed by atoms with E-state index in [2.05, 4.69) is 36.6 Å². The minimum atomic E-state index is -0.0281. The Hall–Kier alpha value is -1.16. The maximum atomic E-state index is 11.2. The van der Waals surface area contributed by atoms with E-state index in [1.165, 1.54) is 12.2 Å². The van der Waals surface area contributed by atoms with Gasteiger partial charge in [0, 0.05) is 30.1 Å². The molecule has 110 valence electrons. The van der Waals surface area contributed by atoms with Gasteiger partial charge < -0.3 is 10.6 Å². The summed E-state index contributed by atoms with van der Waals surface area (Å²) in [7, 11) is 0. The molecular weight excluding hydrogens is 268 g/mol. The van der Waals surface area contributed by atoms with E-state index >= 15 is 0 Å². The second-order valence-corrected chi connectivity index (χ2v) is 7.47. The molecule has 1 heterocycles. The highest BCUT2D eigenvalue weighted by Gasteiger charge is 2.28. The number of nitrogens with one attached hydrogen (secondary N) is 2. The van der Waals surface area contributed by atoms with Crippen LogP contribution in [0.1, 0.15) is 32.8 Å². The molecule has 1 aliphatic heterocycles. The first-order valence-corrected chi connectivity index (χ1v) is 8.24. The number of thioether (sulfide) groups is 1. The number of hydrogen-bond donors (Lipinski definition) is 2. The molecule has 1 amide bonds. The van der Waals surface area contributed by atoms with Gasteiger partial charge in [-0.15, -0.1) is 0 Å². The molecule has 1 aromatic rings. The lowest BCUT2D eigenvalue weighted by Crippen LogP contribution is -2.35. The first-order valence-electron chi connectivity index (χ1n) is 7.08. The van der Waals surface area contributed by atoms with Gasteiger partial charge in [0.1, 0.15) is 0 Å². The number of amides is 1. The molecule has 0 spiro atoms. The van der Waals surface area contributed by atoms with Crippen molar-refractivity contribution >= 4 is 29.0 Å². The maximum Gasteiger partial charge on any atom is 0.221 e. The molecular formula is C16H24N2OS. The first-order chi connectivity index (χ1) is 9.35. The first kappa shape index (κ1) is 15.2. The molecule has 4 heteroatoms. The number of aryl methyl sites for hydroxylation is 1. The lowest BCUT2D eigenvalue weighted by molar-refractivity contribution is -0.114. The molecule has 1 fully saturated rings. The summed E-state index contributed by atoms with van der Waals surface area (Å²) in [4.78, 5) is 11.2. The summed E-state index contributed by atoms with van der Waals surface area (Å²) in [6.07, 6.45) is 1.18. The molecule has 2 rings (SSSR count). The van der Waals surface area contributed by atoms with Gasteiger partial charge >= 0.3 is 0 Å². The van der Waals surface area contributed by atoms with Gasteiger partial charge in [0.25, 0.3) is 0 Å². The molecule has 2 N–H and O–H groups in total. The van der Waals surface area contributed by atoms with E-state index < -0.39 is 0 Å². The highest BCUT2D eigenvalue weighted by atomic mass is 32.2. The minimum absolute atomic E-state index is 0.0281. The molecule has 0 aromatic heterocycles. The minimum Gasteiger partial charge on any atom is -0.381 e. The second kappa shape index (κ2) is 6.08. The van der Waals surface area contributed by atoms with Crippen LogP contribution in [0.3, 0.4) is 0 Å². The van der Waals surface area contributed by atoms with Crippen molar-refractivity contribution in [1.82, 2.24) is 0 Å². The number of rotatable bonds is 3. The SMILES string of the molecule is CC(=O)Nc1cc(NC2CSCC(C)(C)C2)ccc1C. The average molecular weight is 292 g/mol. The maximum absolute atomic E-state index is 11.2. The predicted octanol–water partition coefficient (Wildman–Crippen LogP) is 3.90.